The first kappa shape index (κ1) is 35.0. The summed E-state index contributed by atoms with van der Waals surface area (Å²) in [6.45, 7) is 4.83. The molecule has 258 valence electrons. The van der Waals surface area contributed by atoms with E-state index >= 15 is 0 Å². The fourth-order valence-corrected chi connectivity index (χ4v) is 10.3. The molecule has 0 bridgehead atoms. The summed E-state index contributed by atoms with van der Waals surface area (Å²) in [5.41, 5.74) is 25.9. The Labute approximate surface area is 336 Å². The third-order valence-electron chi connectivity index (χ3n) is 14.1. The van der Waals surface area contributed by atoms with Crippen molar-refractivity contribution >= 4 is 150 Å². The number of benzene rings is 8. The predicted octanol–water partition coefficient (Wildman–Crippen LogP) is -0.733. The standard InChI is InChI=1S/C47H40B8O/c1-47(2)29-19-22(21-8-4-3-5-9-21)12-15-25(29)26-16-13-24(20-30(26)47)34-37-35(39(48)43(52)45(54)41(37)50)33(36-38(34)42(51)46(55)44(53)40(36)49)23-14-17-32-28(18-23)27-10-6-7-11-31(27)56-32/h3-20H,48-55H2,1-2H3. The Bertz CT molecular complexity index is 3120. The Balaban J connectivity index is 1.32. The molecule has 9 aromatic rings. The van der Waals surface area contributed by atoms with Crippen molar-refractivity contribution in [2.45, 2.75) is 19.3 Å². The monoisotopic (exact) mass is 708 g/mol. The lowest BCUT2D eigenvalue weighted by atomic mass is 9.59. The van der Waals surface area contributed by atoms with Crippen LogP contribution >= 0.6 is 0 Å². The van der Waals surface area contributed by atoms with E-state index in [-0.39, 0.29) is 5.41 Å². The minimum atomic E-state index is -0.158. The molecule has 56 heavy (non-hydrogen) atoms. The highest BCUT2D eigenvalue weighted by molar-refractivity contribution is 6.71. The Kier molecular flexibility index (Phi) is 7.70. The molecule has 9 heteroatoms. The van der Waals surface area contributed by atoms with E-state index in [2.05, 4.69) is 186 Å². The Hall–Kier alpha value is -5.40. The maximum Gasteiger partial charge on any atom is 0.139 e. The van der Waals surface area contributed by atoms with Crippen LogP contribution in [0.5, 0.6) is 0 Å². The third-order valence-corrected chi connectivity index (χ3v) is 14.1. The van der Waals surface area contributed by atoms with Gasteiger partial charge in [-0.05, 0) is 108 Å². The Morgan fingerprint density at radius 3 is 1.36 bits per heavy atom. The molecule has 0 aliphatic heterocycles. The van der Waals surface area contributed by atoms with Gasteiger partial charge in [-0.15, -0.1) is 21.9 Å². The van der Waals surface area contributed by atoms with Gasteiger partial charge < -0.3 is 4.42 Å². The van der Waals surface area contributed by atoms with Gasteiger partial charge in [-0.25, -0.2) is 0 Å². The highest BCUT2D eigenvalue weighted by atomic mass is 16.3. The number of furan rings is 1. The van der Waals surface area contributed by atoms with Crippen LogP contribution in [0.15, 0.2) is 114 Å². The topological polar surface area (TPSA) is 13.1 Å². The minimum absolute atomic E-state index is 0.158. The molecule has 1 aromatic heterocycles. The van der Waals surface area contributed by atoms with Crippen molar-refractivity contribution in [2.24, 2.45) is 0 Å². The molecule has 0 N–H and O–H groups in total. The molecule has 1 nitrogen and oxygen atoms in total. The lowest BCUT2D eigenvalue weighted by Crippen LogP contribution is -2.50. The van der Waals surface area contributed by atoms with Gasteiger partial charge in [0.15, 0.2) is 0 Å². The predicted molar refractivity (Wildman–Crippen MR) is 268 cm³/mol. The van der Waals surface area contributed by atoms with E-state index in [1.54, 1.807) is 0 Å². The van der Waals surface area contributed by atoms with Gasteiger partial charge in [0, 0.05) is 16.2 Å². The van der Waals surface area contributed by atoms with Crippen molar-refractivity contribution < 1.29 is 4.42 Å². The van der Waals surface area contributed by atoms with Crippen LogP contribution < -0.4 is 43.7 Å². The molecular weight excluding hydrogens is 667 g/mol. The number of para-hydroxylation sites is 1. The molecule has 1 aliphatic carbocycles. The largest absolute Gasteiger partial charge is 0.456 e. The summed E-state index contributed by atoms with van der Waals surface area (Å²) in [7, 11) is 18.7. The number of fused-ring (bicyclic) bond motifs is 8. The molecule has 0 unspecified atom stereocenters. The van der Waals surface area contributed by atoms with Crippen LogP contribution in [0.1, 0.15) is 25.0 Å². The van der Waals surface area contributed by atoms with E-state index in [9.17, 15) is 0 Å². The van der Waals surface area contributed by atoms with E-state index in [4.69, 9.17) is 4.42 Å². The van der Waals surface area contributed by atoms with Crippen molar-refractivity contribution in [1.29, 1.82) is 0 Å². The molecule has 0 fully saturated rings. The van der Waals surface area contributed by atoms with E-state index in [1.807, 2.05) is 0 Å². The second-order valence-electron chi connectivity index (χ2n) is 17.1. The van der Waals surface area contributed by atoms with Gasteiger partial charge in [-0.3, -0.25) is 0 Å². The smallest absolute Gasteiger partial charge is 0.139 e. The summed E-state index contributed by atoms with van der Waals surface area (Å²) < 4.78 is 6.36. The molecule has 1 aliphatic rings. The van der Waals surface area contributed by atoms with Gasteiger partial charge in [0.05, 0.1) is 0 Å². The van der Waals surface area contributed by atoms with Crippen molar-refractivity contribution in [3.05, 3.63) is 120 Å². The highest BCUT2D eigenvalue weighted by Gasteiger charge is 2.36. The zero-order chi connectivity index (χ0) is 38.9. The number of rotatable bonds is 3. The van der Waals surface area contributed by atoms with Gasteiger partial charge in [0.1, 0.15) is 73.9 Å². The normalized spacial score (nSPS) is 13.2. The molecule has 0 saturated heterocycles. The Morgan fingerprint density at radius 1 is 0.375 bits per heavy atom. The SMILES string of the molecule is Bc1c(B)c(B)c2c(-c3ccc4oc5ccccc5c4c3)c3c(B)c(B)c(B)c(B)c3c(-c3ccc4c(c3)C(C)(C)c3cc(-c5ccccc5)ccc3-4)c2c1B. The Morgan fingerprint density at radius 2 is 0.804 bits per heavy atom. The molecule has 8 aromatic carbocycles. The van der Waals surface area contributed by atoms with Gasteiger partial charge in [0.2, 0.25) is 0 Å². The third kappa shape index (κ3) is 4.73. The van der Waals surface area contributed by atoms with Gasteiger partial charge in [-0.1, -0.05) is 115 Å². The van der Waals surface area contributed by atoms with Gasteiger partial charge >= 0.3 is 0 Å². The molecule has 0 atom stereocenters. The lowest BCUT2D eigenvalue weighted by molar-refractivity contribution is 0.661. The van der Waals surface area contributed by atoms with Crippen molar-refractivity contribution in [2.75, 3.05) is 0 Å². The molecule has 0 radical (unpaired) electrons. The summed E-state index contributed by atoms with van der Waals surface area (Å²) in [6, 6.07) is 40.5. The van der Waals surface area contributed by atoms with Crippen LogP contribution in [0.3, 0.4) is 0 Å². The van der Waals surface area contributed by atoms with Crippen molar-refractivity contribution in [1.82, 2.24) is 0 Å². The van der Waals surface area contributed by atoms with E-state index < -0.39 is 0 Å². The molecular formula is C47H40B8O. The summed E-state index contributed by atoms with van der Waals surface area (Å²) in [5, 5.41) is 7.79. The van der Waals surface area contributed by atoms with Crippen LogP contribution in [-0.4, -0.2) is 62.8 Å². The lowest BCUT2D eigenvalue weighted by Gasteiger charge is -2.29. The van der Waals surface area contributed by atoms with Crippen LogP contribution in [0.2, 0.25) is 0 Å². The van der Waals surface area contributed by atoms with Crippen LogP contribution in [0.25, 0.3) is 88.0 Å². The van der Waals surface area contributed by atoms with E-state index in [0.29, 0.717) is 0 Å². The van der Waals surface area contributed by atoms with Crippen LogP contribution in [0.4, 0.5) is 0 Å². The average Bonchev–Trinajstić information content (AvgIpc) is 3.70. The number of hydrogen-bond acceptors (Lipinski definition) is 1. The molecule has 10 rings (SSSR count). The first-order chi connectivity index (χ1) is 26.9. The van der Waals surface area contributed by atoms with E-state index in [1.165, 1.54) is 121 Å². The molecule has 0 amide bonds. The maximum atomic E-state index is 6.36. The summed E-state index contributed by atoms with van der Waals surface area (Å²) in [5.74, 6) is 0. The zero-order valence-corrected chi connectivity index (χ0v) is 34.3. The average molecular weight is 707 g/mol. The fourth-order valence-electron chi connectivity index (χ4n) is 10.3. The number of hydrogen-bond donors (Lipinski definition) is 0. The minimum Gasteiger partial charge on any atom is -0.456 e. The maximum absolute atomic E-state index is 6.36. The summed E-state index contributed by atoms with van der Waals surface area (Å²) in [6.07, 6.45) is 0. The van der Waals surface area contributed by atoms with Crippen molar-refractivity contribution in [3.8, 4) is 44.5 Å². The fraction of sp³-hybridized carbons (Fsp3) is 0.0638. The molecule has 1 heterocycles. The van der Waals surface area contributed by atoms with Crippen LogP contribution in [0, 0.1) is 0 Å². The first-order valence-electron chi connectivity index (χ1n) is 20.1. The van der Waals surface area contributed by atoms with E-state index in [0.717, 1.165) is 21.9 Å². The highest BCUT2D eigenvalue weighted by Crippen LogP contribution is 2.52. The zero-order valence-electron chi connectivity index (χ0n) is 34.3. The quantitative estimate of drug-likeness (QED) is 0.175. The molecule has 0 saturated carbocycles. The summed E-state index contributed by atoms with van der Waals surface area (Å²) in [4.78, 5) is 0. The van der Waals surface area contributed by atoms with Gasteiger partial charge in [0.25, 0.3) is 0 Å². The second kappa shape index (κ2) is 12.3. The first-order valence-corrected chi connectivity index (χ1v) is 20.1. The van der Waals surface area contributed by atoms with Crippen LogP contribution in [-0.2, 0) is 5.41 Å². The van der Waals surface area contributed by atoms with Gasteiger partial charge in [-0.2, -0.15) is 0 Å². The molecule has 0 spiro atoms. The summed E-state index contributed by atoms with van der Waals surface area (Å²) >= 11 is 0. The second-order valence-corrected chi connectivity index (χ2v) is 17.1. The van der Waals surface area contributed by atoms with Crippen molar-refractivity contribution in [3.63, 3.8) is 0 Å².